The van der Waals surface area contributed by atoms with E-state index in [2.05, 4.69) is 18.8 Å². The van der Waals surface area contributed by atoms with Crippen LogP contribution in [-0.2, 0) is 0 Å². The first-order valence-corrected chi connectivity index (χ1v) is 6.68. The molecule has 2 aromatic heterocycles. The highest BCUT2D eigenvalue weighted by Gasteiger charge is 2.16. The van der Waals surface area contributed by atoms with Gasteiger partial charge in [0.25, 0.3) is 0 Å². The van der Waals surface area contributed by atoms with Crippen molar-refractivity contribution in [3.8, 4) is 5.75 Å². The molecule has 0 unspecified atom stereocenters. The number of benzene rings is 1. The second-order valence-corrected chi connectivity index (χ2v) is 5.60. The molecule has 2 heterocycles. The number of imidazole rings is 1. The smallest absolute Gasteiger partial charge is 0.196 e. The predicted molar refractivity (Wildman–Crippen MR) is 75.6 cm³/mol. The van der Waals surface area contributed by atoms with Gasteiger partial charge in [0, 0.05) is 0 Å². The number of anilines is 1. The summed E-state index contributed by atoms with van der Waals surface area (Å²) in [6.45, 7) is 4.21. The van der Waals surface area contributed by atoms with E-state index in [-0.39, 0.29) is 0 Å². The Balaban J connectivity index is 2.34. The van der Waals surface area contributed by atoms with Crippen LogP contribution in [0.3, 0.4) is 0 Å². The summed E-state index contributed by atoms with van der Waals surface area (Å²) in [5, 5.41) is 0. The zero-order valence-electron chi connectivity index (χ0n) is 10.6. The fourth-order valence-electron chi connectivity index (χ4n) is 2.14. The number of nitrogens with zero attached hydrogens (tertiary/aromatic N) is 2. The third-order valence-corrected chi connectivity index (χ3v) is 4.07. The molecule has 0 aliphatic rings. The van der Waals surface area contributed by atoms with Crippen LogP contribution in [-0.4, -0.2) is 16.5 Å². The number of ether oxygens (including phenoxy) is 1. The van der Waals surface area contributed by atoms with E-state index in [1.807, 2.05) is 22.6 Å². The summed E-state index contributed by atoms with van der Waals surface area (Å²) in [5.74, 6) is 1.94. The van der Waals surface area contributed by atoms with Crippen molar-refractivity contribution in [2.24, 2.45) is 0 Å². The zero-order chi connectivity index (χ0) is 12.9. The molecule has 2 N–H and O–H groups in total. The summed E-state index contributed by atoms with van der Waals surface area (Å²) in [6.07, 6.45) is 0. The molecule has 0 radical (unpaired) electrons. The molecule has 0 atom stereocenters. The van der Waals surface area contributed by atoms with Gasteiger partial charge in [-0.3, -0.25) is 4.40 Å². The lowest BCUT2D eigenvalue weighted by atomic mass is 10.1. The third kappa shape index (κ3) is 1.47. The van der Waals surface area contributed by atoms with Gasteiger partial charge in [-0.05, 0) is 24.1 Å². The minimum Gasteiger partial charge on any atom is -0.497 e. The Morgan fingerprint density at radius 2 is 2.17 bits per heavy atom. The van der Waals surface area contributed by atoms with Crippen LogP contribution in [0.5, 0.6) is 5.75 Å². The normalized spacial score (nSPS) is 11.8. The second kappa shape index (κ2) is 3.88. The molecule has 18 heavy (non-hydrogen) atoms. The lowest BCUT2D eigenvalue weighted by molar-refractivity contribution is 0.415. The molecule has 0 aliphatic heterocycles. The van der Waals surface area contributed by atoms with Crippen LogP contribution in [0.15, 0.2) is 18.2 Å². The van der Waals surface area contributed by atoms with Gasteiger partial charge in [-0.15, -0.1) is 0 Å². The van der Waals surface area contributed by atoms with Crippen LogP contribution in [0, 0.1) is 0 Å². The van der Waals surface area contributed by atoms with Crippen molar-refractivity contribution >= 4 is 32.3 Å². The van der Waals surface area contributed by atoms with Gasteiger partial charge < -0.3 is 10.5 Å². The van der Waals surface area contributed by atoms with Gasteiger partial charge in [0.15, 0.2) is 4.96 Å². The standard InChI is InChI=1S/C13H15N3OS/c1-7(2)11-12(14)16-9-5-4-8(17-3)6-10(9)18-13(16)15-11/h4-7H,14H2,1-3H3. The largest absolute Gasteiger partial charge is 0.497 e. The van der Waals surface area contributed by atoms with Gasteiger partial charge in [-0.1, -0.05) is 25.2 Å². The molecule has 0 spiro atoms. The summed E-state index contributed by atoms with van der Waals surface area (Å²) in [7, 11) is 1.67. The number of rotatable bonds is 2. The predicted octanol–water partition coefficient (Wildman–Crippen LogP) is 3.26. The van der Waals surface area contributed by atoms with Crippen molar-refractivity contribution in [3.63, 3.8) is 0 Å². The first-order chi connectivity index (χ1) is 8.61. The number of nitrogen functional groups attached to an aromatic ring is 1. The molecular weight excluding hydrogens is 246 g/mol. The van der Waals surface area contributed by atoms with Crippen molar-refractivity contribution in [1.82, 2.24) is 9.38 Å². The first kappa shape index (κ1) is 11.3. The Morgan fingerprint density at radius 1 is 1.39 bits per heavy atom. The zero-order valence-corrected chi connectivity index (χ0v) is 11.4. The molecule has 0 saturated heterocycles. The number of nitrogens with two attached hydrogens (primary N) is 1. The minimum atomic E-state index is 0.338. The van der Waals surface area contributed by atoms with Crippen LogP contribution >= 0.6 is 11.3 Å². The number of methoxy groups -OCH3 is 1. The first-order valence-electron chi connectivity index (χ1n) is 5.86. The lowest BCUT2D eigenvalue weighted by Gasteiger charge is -2.02. The summed E-state index contributed by atoms with van der Waals surface area (Å²) in [5.41, 5.74) is 8.26. The molecule has 5 heteroatoms. The lowest BCUT2D eigenvalue weighted by Crippen LogP contribution is -1.97. The van der Waals surface area contributed by atoms with Crippen LogP contribution < -0.4 is 10.5 Å². The number of fused-ring (bicyclic) bond motifs is 3. The average Bonchev–Trinajstić information content (AvgIpc) is 2.85. The van der Waals surface area contributed by atoms with Crippen molar-refractivity contribution in [1.29, 1.82) is 0 Å². The number of thiazole rings is 1. The molecule has 4 nitrogen and oxygen atoms in total. The summed E-state index contributed by atoms with van der Waals surface area (Å²) < 4.78 is 8.39. The summed E-state index contributed by atoms with van der Waals surface area (Å²) in [6, 6.07) is 5.99. The maximum atomic E-state index is 6.20. The second-order valence-electron chi connectivity index (χ2n) is 4.59. The third-order valence-electron chi connectivity index (χ3n) is 3.07. The van der Waals surface area contributed by atoms with Crippen molar-refractivity contribution in [2.45, 2.75) is 19.8 Å². The molecule has 0 saturated carbocycles. The topological polar surface area (TPSA) is 52.5 Å². The monoisotopic (exact) mass is 261 g/mol. The molecule has 3 aromatic rings. The highest BCUT2D eigenvalue weighted by molar-refractivity contribution is 7.23. The average molecular weight is 261 g/mol. The fourth-order valence-corrected chi connectivity index (χ4v) is 3.21. The quantitative estimate of drug-likeness (QED) is 0.770. The van der Waals surface area contributed by atoms with E-state index in [9.17, 15) is 0 Å². The van der Waals surface area contributed by atoms with Crippen molar-refractivity contribution in [3.05, 3.63) is 23.9 Å². The number of hydrogen-bond donors (Lipinski definition) is 1. The number of hydrogen-bond acceptors (Lipinski definition) is 4. The Bertz CT molecular complexity index is 727. The highest BCUT2D eigenvalue weighted by atomic mass is 32.1. The molecule has 3 rings (SSSR count). The van der Waals surface area contributed by atoms with E-state index in [0.717, 1.165) is 32.4 Å². The highest BCUT2D eigenvalue weighted by Crippen LogP contribution is 2.34. The van der Waals surface area contributed by atoms with E-state index in [4.69, 9.17) is 10.5 Å². The van der Waals surface area contributed by atoms with Crippen molar-refractivity contribution in [2.75, 3.05) is 12.8 Å². The van der Waals surface area contributed by atoms with Crippen LogP contribution in [0.2, 0.25) is 0 Å². The molecule has 0 fully saturated rings. The van der Waals surface area contributed by atoms with Gasteiger partial charge in [0.05, 0.1) is 23.0 Å². The van der Waals surface area contributed by atoms with E-state index < -0.39 is 0 Å². The minimum absolute atomic E-state index is 0.338. The van der Waals surface area contributed by atoms with E-state index in [1.165, 1.54) is 0 Å². The Kier molecular flexibility index (Phi) is 2.45. The molecule has 0 amide bonds. The van der Waals surface area contributed by atoms with Gasteiger partial charge in [-0.25, -0.2) is 4.98 Å². The number of aromatic nitrogens is 2. The molecular formula is C13H15N3OS. The van der Waals surface area contributed by atoms with Gasteiger partial charge in [0.1, 0.15) is 11.6 Å². The van der Waals surface area contributed by atoms with E-state index in [0.29, 0.717) is 5.92 Å². The molecule has 94 valence electrons. The van der Waals surface area contributed by atoms with Crippen LogP contribution in [0.4, 0.5) is 5.82 Å². The molecule has 0 bridgehead atoms. The van der Waals surface area contributed by atoms with Crippen molar-refractivity contribution < 1.29 is 4.74 Å². The fraction of sp³-hybridized carbons (Fsp3) is 0.308. The molecule has 0 aliphatic carbocycles. The van der Waals surface area contributed by atoms with Crippen LogP contribution in [0.1, 0.15) is 25.5 Å². The van der Waals surface area contributed by atoms with E-state index in [1.54, 1.807) is 18.4 Å². The summed E-state index contributed by atoms with van der Waals surface area (Å²) >= 11 is 1.64. The van der Waals surface area contributed by atoms with Gasteiger partial charge in [-0.2, -0.15) is 0 Å². The van der Waals surface area contributed by atoms with Gasteiger partial charge >= 0.3 is 0 Å². The van der Waals surface area contributed by atoms with E-state index >= 15 is 0 Å². The maximum absolute atomic E-state index is 6.20. The molecule has 1 aromatic carbocycles. The SMILES string of the molecule is COc1ccc2c(c1)sc1nc(C(C)C)c(N)n12. The maximum Gasteiger partial charge on any atom is 0.196 e. The van der Waals surface area contributed by atoms with Crippen LogP contribution in [0.25, 0.3) is 15.2 Å². The Morgan fingerprint density at radius 3 is 2.83 bits per heavy atom. The van der Waals surface area contributed by atoms with Gasteiger partial charge in [0.2, 0.25) is 0 Å². The Hall–Kier alpha value is -1.75. The summed E-state index contributed by atoms with van der Waals surface area (Å²) in [4.78, 5) is 5.56. The Labute approximate surface area is 109 Å².